The van der Waals surface area contributed by atoms with Gasteiger partial charge in [0, 0.05) is 31.0 Å². The number of halogens is 1. The van der Waals surface area contributed by atoms with Gasteiger partial charge in [-0.15, -0.1) is 0 Å². The van der Waals surface area contributed by atoms with Crippen LogP contribution in [0.1, 0.15) is 37.1 Å². The maximum Gasteiger partial charge on any atom is 0.331 e. The normalized spacial score (nSPS) is 21.0. The van der Waals surface area contributed by atoms with Gasteiger partial charge in [-0.3, -0.25) is 14.6 Å². The van der Waals surface area contributed by atoms with Gasteiger partial charge in [-0.2, -0.15) is 0 Å². The van der Waals surface area contributed by atoms with Gasteiger partial charge in [-0.1, -0.05) is 0 Å². The molecule has 24 heavy (non-hydrogen) atoms. The molecule has 4 rings (SSSR count). The number of likely N-dealkylation sites (N-methyl/N-ethyl adjacent to an activating group) is 1. The zero-order valence-corrected chi connectivity index (χ0v) is 13.5. The second-order valence-corrected chi connectivity index (χ2v) is 6.59. The molecule has 2 fully saturated rings. The molecule has 1 saturated carbocycles. The largest absolute Gasteiger partial charge is 0.331 e. The quantitative estimate of drug-likeness (QED) is 0.868. The summed E-state index contributed by atoms with van der Waals surface area (Å²) in [5, 5.41) is 0. The molecule has 0 aromatic carbocycles. The van der Waals surface area contributed by atoms with Crippen molar-refractivity contribution in [2.75, 3.05) is 18.5 Å². The molecule has 3 amide bonds. The minimum Gasteiger partial charge on any atom is -0.323 e. The van der Waals surface area contributed by atoms with E-state index in [1.807, 2.05) is 0 Å². The summed E-state index contributed by atoms with van der Waals surface area (Å²) in [6, 6.07) is 0.901. The predicted molar refractivity (Wildman–Crippen MR) is 85.3 cm³/mol. The van der Waals surface area contributed by atoms with Crippen LogP contribution < -0.4 is 10.6 Å². The third-order valence-corrected chi connectivity index (χ3v) is 4.70. The molecule has 1 aliphatic heterocycles. The average Bonchev–Trinajstić information content (AvgIpc) is 3.05. The number of fused-ring (bicyclic) bond motifs is 1. The summed E-state index contributed by atoms with van der Waals surface area (Å²) in [7, 11) is 1.43. The molecule has 2 aromatic rings. The van der Waals surface area contributed by atoms with Gasteiger partial charge in [0.2, 0.25) is 5.91 Å². The smallest absolute Gasteiger partial charge is 0.323 e. The number of nitrogens with two attached hydrogens (primary N) is 1. The van der Waals surface area contributed by atoms with Crippen molar-refractivity contribution in [3.63, 3.8) is 0 Å². The molecule has 126 valence electrons. The lowest BCUT2D eigenvalue weighted by Crippen LogP contribution is -2.30. The summed E-state index contributed by atoms with van der Waals surface area (Å²) in [6.45, 7) is 1.73. The molecule has 0 bridgehead atoms. The number of amides is 3. The number of nitrogens with zero attached hydrogens (tertiary/aromatic N) is 4. The van der Waals surface area contributed by atoms with Gasteiger partial charge < -0.3 is 10.1 Å². The van der Waals surface area contributed by atoms with Gasteiger partial charge in [0.25, 0.3) is 0 Å². The number of imidazole rings is 1. The number of pyridine rings is 1. The van der Waals surface area contributed by atoms with E-state index in [2.05, 4.69) is 4.98 Å². The number of carbonyl (C=O) groups is 2. The Morgan fingerprint density at radius 3 is 2.58 bits per heavy atom. The molecule has 2 N–H and O–H groups in total. The average molecular weight is 331 g/mol. The third-order valence-electron chi connectivity index (χ3n) is 4.70. The first kappa shape index (κ1) is 15.1. The highest BCUT2D eigenvalue weighted by molar-refractivity contribution is 6.13. The Hall–Kier alpha value is -2.48. The molecular formula is C16H18FN5O2. The minimum atomic E-state index is -1.36. The first-order chi connectivity index (χ1) is 11.3. The number of hydrogen-bond donors (Lipinski definition) is 1. The number of rotatable bonds is 3. The van der Waals surface area contributed by atoms with Gasteiger partial charge in [-0.05, 0) is 25.8 Å². The van der Waals surface area contributed by atoms with Crippen molar-refractivity contribution in [2.24, 2.45) is 5.73 Å². The van der Waals surface area contributed by atoms with Crippen molar-refractivity contribution in [1.29, 1.82) is 0 Å². The molecule has 0 spiro atoms. The van der Waals surface area contributed by atoms with E-state index in [0.717, 1.165) is 4.90 Å². The Morgan fingerprint density at radius 1 is 1.33 bits per heavy atom. The molecule has 3 heterocycles. The lowest BCUT2D eigenvalue weighted by atomic mass is 10.1. The lowest BCUT2D eigenvalue weighted by molar-refractivity contribution is -0.123. The highest BCUT2D eigenvalue weighted by Crippen LogP contribution is 2.50. The van der Waals surface area contributed by atoms with E-state index in [0.29, 0.717) is 35.4 Å². The van der Waals surface area contributed by atoms with Gasteiger partial charge in [0.1, 0.15) is 12.2 Å². The monoisotopic (exact) mass is 331 g/mol. The predicted octanol–water partition coefficient (Wildman–Crippen LogP) is 1.71. The number of anilines is 1. The Bertz CT molecular complexity index is 871. The molecule has 0 unspecified atom stereocenters. The number of carbonyl (C=O) groups excluding carboxylic acids is 2. The molecule has 2 aliphatic rings. The van der Waals surface area contributed by atoms with E-state index in [9.17, 15) is 14.0 Å². The van der Waals surface area contributed by atoms with E-state index in [4.69, 9.17) is 5.73 Å². The number of urea groups is 1. The summed E-state index contributed by atoms with van der Waals surface area (Å²) in [6.07, 6.45) is 4.35. The Balaban J connectivity index is 1.92. The van der Waals surface area contributed by atoms with Crippen LogP contribution in [0.25, 0.3) is 5.65 Å². The van der Waals surface area contributed by atoms with Crippen molar-refractivity contribution in [3.8, 4) is 0 Å². The maximum atomic E-state index is 14.6. The maximum absolute atomic E-state index is 14.6. The number of imide groups is 1. The topological polar surface area (TPSA) is 83.9 Å². The summed E-state index contributed by atoms with van der Waals surface area (Å²) in [4.78, 5) is 31.1. The summed E-state index contributed by atoms with van der Waals surface area (Å²) in [5.74, 6) is -0.302. The van der Waals surface area contributed by atoms with Crippen LogP contribution in [0.4, 0.5) is 14.9 Å². The van der Waals surface area contributed by atoms with E-state index in [1.165, 1.54) is 11.9 Å². The van der Waals surface area contributed by atoms with Crippen molar-refractivity contribution in [2.45, 2.75) is 31.5 Å². The van der Waals surface area contributed by atoms with E-state index in [1.54, 1.807) is 29.8 Å². The number of alkyl halides is 1. The van der Waals surface area contributed by atoms with Crippen molar-refractivity contribution in [1.82, 2.24) is 14.3 Å². The summed E-state index contributed by atoms with van der Waals surface area (Å²) >= 11 is 0. The van der Waals surface area contributed by atoms with E-state index in [-0.39, 0.29) is 18.5 Å². The zero-order chi connectivity index (χ0) is 17.2. The van der Waals surface area contributed by atoms with Crippen LogP contribution in [0.2, 0.25) is 0 Å². The second kappa shape index (κ2) is 4.76. The van der Waals surface area contributed by atoms with Crippen LogP contribution >= 0.6 is 0 Å². The van der Waals surface area contributed by atoms with E-state index < -0.39 is 11.7 Å². The van der Waals surface area contributed by atoms with Gasteiger partial charge in [0.05, 0.1) is 11.4 Å². The first-order valence-electron chi connectivity index (χ1n) is 7.86. The standard InChI is InChI=1S/C16H18FN5O2/c1-9(18)11-7-21-6-10(16(17)3-4-16)5-12(14(21)19-11)22-8-13(23)20(2)15(22)24/h5-7,9H,3-4,8,18H2,1-2H3/t9-/m1/s1. The van der Waals surface area contributed by atoms with Crippen LogP contribution in [0, 0.1) is 0 Å². The van der Waals surface area contributed by atoms with Crippen molar-refractivity contribution >= 4 is 23.3 Å². The highest BCUT2D eigenvalue weighted by atomic mass is 19.1. The first-order valence-corrected chi connectivity index (χ1v) is 7.86. The minimum absolute atomic E-state index is 0.0753. The van der Waals surface area contributed by atoms with Gasteiger partial charge in [-0.25, -0.2) is 14.2 Å². The van der Waals surface area contributed by atoms with Crippen LogP contribution in [0.3, 0.4) is 0 Å². The molecule has 8 heteroatoms. The van der Waals surface area contributed by atoms with Crippen LogP contribution in [0.15, 0.2) is 18.5 Å². The molecule has 1 aliphatic carbocycles. The molecular weight excluding hydrogens is 313 g/mol. The Morgan fingerprint density at radius 2 is 2.04 bits per heavy atom. The molecule has 2 aromatic heterocycles. The van der Waals surface area contributed by atoms with Gasteiger partial charge in [0.15, 0.2) is 5.65 Å². The third kappa shape index (κ3) is 2.10. The molecule has 1 saturated heterocycles. The fourth-order valence-electron chi connectivity index (χ4n) is 2.95. The second-order valence-electron chi connectivity index (χ2n) is 6.59. The molecule has 7 nitrogen and oxygen atoms in total. The van der Waals surface area contributed by atoms with Crippen LogP contribution in [-0.2, 0) is 10.5 Å². The number of aromatic nitrogens is 2. The number of hydrogen-bond acceptors (Lipinski definition) is 4. The van der Waals surface area contributed by atoms with Crippen LogP contribution in [-0.4, -0.2) is 39.8 Å². The lowest BCUT2D eigenvalue weighted by Gasteiger charge is -2.18. The molecule has 0 radical (unpaired) electrons. The Labute approximate surface area is 137 Å². The Kier molecular flexibility index (Phi) is 2.99. The zero-order valence-electron chi connectivity index (χ0n) is 13.5. The fraction of sp³-hybridized carbons (Fsp3) is 0.438. The van der Waals surface area contributed by atoms with Crippen LogP contribution in [0.5, 0.6) is 0 Å². The summed E-state index contributed by atoms with van der Waals surface area (Å²) in [5.41, 5.74) is 6.60. The molecule has 1 atom stereocenters. The van der Waals surface area contributed by atoms with Crippen molar-refractivity contribution in [3.05, 3.63) is 29.7 Å². The fourth-order valence-corrected chi connectivity index (χ4v) is 2.95. The highest BCUT2D eigenvalue weighted by Gasteiger charge is 2.46. The van der Waals surface area contributed by atoms with E-state index >= 15 is 0 Å². The van der Waals surface area contributed by atoms with Crippen molar-refractivity contribution < 1.29 is 14.0 Å². The SMILES string of the molecule is C[C@@H](N)c1cn2cc(C3(F)CC3)cc(N3CC(=O)N(C)C3=O)c2n1. The van der Waals surface area contributed by atoms with Gasteiger partial charge >= 0.3 is 6.03 Å². The summed E-state index contributed by atoms with van der Waals surface area (Å²) < 4.78 is 16.3.